The van der Waals surface area contributed by atoms with Gasteiger partial charge >= 0.3 is 0 Å². The van der Waals surface area contributed by atoms with E-state index >= 15 is 0 Å². The fourth-order valence-corrected chi connectivity index (χ4v) is 2.01. The predicted octanol–water partition coefficient (Wildman–Crippen LogP) is 1.87. The Labute approximate surface area is 91.3 Å². The fraction of sp³-hybridized carbons (Fsp3) is 0.111. The van der Waals surface area contributed by atoms with Crippen molar-refractivity contribution in [3.63, 3.8) is 0 Å². The highest BCUT2D eigenvalue weighted by atomic mass is 35.7. The quantitative estimate of drug-likeness (QED) is 0.717. The van der Waals surface area contributed by atoms with E-state index in [1.54, 1.807) is 19.2 Å². The normalized spacial score (nSPS) is 11.9. The Hall–Kier alpha value is -1.20. The highest BCUT2D eigenvalue weighted by Gasteiger charge is 2.10. The Balaban J connectivity index is 2.75. The lowest BCUT2D eigenvalue weighted by atomic mass is 10.3. The number of hydrogen-bond acceptors (Lipinski definition) is 4. The molecule has 15 heavy (non-hydrogen) atoms. The summed E-state index contributed by atoms with van der Waals surface area (Å²) in [5, 5.41) is 0. The second-order valence-corrected chi connectivity index (χ2v) is 5.67. The first-order valence-corrected chi connectivity index (χ1v) is 6.46. The van der Waals surface area contributed by atoms with Gasteiger partial charge in [0.1, 0.15) is 0 Å². The van der Waals surface area contributed by atoms with Gasteiger partial charge in [0.15, 0.2) is 0 Å². The van der Waals surface area contributed by atoms with Gasteiger partial charge in [0.25, 0.3) is 9.05 Å². The van der Waals surface area contributed by atoms with Gasteiger partial charge in [-0.25, -0.2) is 13.4 Å². The van der Waals surface area contributed by atoms with Crippen molar-refractivity contribution in [3.8, 4) is 0 Å². The van der Waals surface area contributed by atoms with Crippen LogP contribution < -0.4 is 0 Å². The van der Waals surface area contributed by atoms with Gasteiger partial charge in [0.05, 0.1) is 21.6 Å². The number of halogens is 1. The fourth-order valence-electron chi connectivity index (χ4n) is 1.24. The highest BCUT2D eigenvalue weighted by molar-refractivity contribution is 8.13. The molecule has 0 saturated heterocycles. The van der Waals surface area contributed by atoms with E-state index in [-0.39, 0.29) is 4.90 Å². The van der Waals surface area contributed by atoms with Crippen molar-refractivity contribution in [2.24, 2.45) is 0 Å². The zero-order valence-corrected chi connectivity index (χ0v) is 9.38. The third kappa shape index (κ3) is 2.08. The highest BCUT2D eigenvalue weighted by Crippen LogP contribution is 2.19. The van der Waals surface area contributed by atoms with E-state index in [2.05, 4.69) is 9.97 Å². The molecule has 1 heterocycles. The minimum atomic E-state index is -3.70. The number of benzene rings is 1. The number of hydrogen-bond donors (Lipinski definition) is 0. The maximum Gasteiger partial charge on any atom is 0.261 e. The van der Waals surface area contributed by atoms with E-state index in [0.717, 1.165) is 5.69 Å². The molecule has 1 aromatic carbocycles. The van der Waals surface area contributed by atoms with E-state index < -0.39 is 9.05 Å². The number of nitrogens with zero attached hydrogens (tertiary/aromatic N) is 2. The van der Waals surface area contributed by atoms with Crippen molar-refractivity contribution in [2.75, 3.05) is 0 Å². The molecule has 0 radical (unpaired) electrons. The third-order valence-corrected chi connectivity index (χ3v) is 3.27. The van der Waals surface area contributed by atoms with Crippen LogP contribution in [0.2, 0.25) is 0 Å². The van der Waals surface area contributed by atoms with Crippen LogP contribution in [0.15, 0.2) is 29.3 Å². The first-order valence-electron chi connectivity index (χ1n) is 4.15. The topological polar surface area (TPSA) is 59.9 Å². The molecule has 0 spiro atoms. The van der Waals surface area contributed by atoms with Gasteiger partial charge in [-0.05, 0) is 25.1 Å². The average Bonchev–Trinajstić information content (AvgIpc) is 2.15. The van der Waals surface area contributed by atoms with E-state index in [1.165, 1.54) is 12.1 Å². The Morgan fingerprint density at radius 1 is 1.27 bits per heavy atom. The molecule has 0 fully saturated rings. The van der Waals surface area contributed by atoms with Gasteiger partial charge in [-0.2, -0.15) is 0 Å². The molecule has 0 N–H and O–H groups in total. The largest absolute Gasteiger partial charge is 0.261 e. The Kier molecular flexibility index (Phi) is 2.36. The summed E-state index contributed by atoms with van der Waals surface area (Å²) in [5.74, 6) is 0. The number of rotatable bonds is 1. The summed E-state index contributed by atoms with van der Waals surface area (Å²) < 4.78 is 22.2. The Bertz CT molecular complexity index is 625. The Morgan fingerprint density at radius 3 is 2.67 bits per heavy atom. The molecule has 1 aromatic heterocycles. The van der Waals surface area contributed by atoms with Crippen molar-refractivity contribution < 1.29 is 8.42 Å². The second-order valence-electron chi connectivity index (χ2n) is 3.10. The van der Waals surface area contributed by atoms with E-state index in [4.69, 9.17) is 10.7 Å². The van der Waals surface area contributed by atoms with Crippen LogP contribution in [0.25, 0.3) is 11.0 Å². The van der Waals surface area contributed by atoms with Crippen LogP contribution in [-0.4, -0.2) is 18.4 Å². The summed E-state index contributed by atoms with van der Waals surface area (Å²) in [4.78, 5) is 8.31. The van der Waals surface area contributed by atoms with Crippen LogP contribution in [0.4, 0.5) is 0 Å². The predicted molar refractivity (Wildman–Crippen MR) is 57.3 cm³/mol. The summed E-state index contributed by atoms with van der Waals surface area (Å²) in [6.07, 6.45) is 1.62. The second kappa shape index (κ2) is 3.43. The smallest absolute Gasteiger partial charge is 0.253 e. The van der Waals surface area contributed by atoms with Gasteiger partial charge in [-0.1, -0.05) is 0 Å². The summed E-state index contributed by atoms with van der Waals surface area (Å²) in [6, 6.07) is 4.41. The maximum atomic E-state index is 11.1. The Morgan fingerprint density at radius 2 is 2.00 bits per heavy atom. The van der Waals surface area contributed by atoms with Gasteiger partial charge in [0.2, 0.25) is 0 Å². The van der Waals surface area contributed by atoms with E-state index in [1.807, 2.05) is 0 Å². The molecule has 0 aliphatic rings. The first-order chi connectivity index (χ1) is 6.97. The number of aryl methyl sites for hydroxylation is 1. The molecular weight excluding hydrogens is 236 g/mol. The van der Waals surface area contributed by atoms with Crippen molar-refractivity contribution in [3.05, 3.63) is 30.1 Å². The molecule has 0 aliphatic carbocycles. The summed E-state index contributed by atoms with van der Waals surface area (Å²) >= 11 is 0. The summed E-state index contributed by atoms with van der Waals surface area (Å²) in [6.45, 7) is 1.79. The lowest BCUT2D eigenvalue weighted by molar-refractivity contribution is 0.609. The van der Waals surface area contributed by atoms with Crippen LogP contribution in [0.1, 0.15) is 5.69 Å². The lowest BCUT2D eigenvalue weighted by Gasteiger charge is -2.00. The molecule has 78 valence electrons. The maximum absolute atomic E-state index is 11.1. The van der Waals surface area contributed by atoms with Crippen molar-refractivity contribution in [1.82, 2.24) is 9.97 Å². The van der Waals surface area contributed by atoms with Crippen molar-refractivity contribution in [1.29, 1.82) is 0 Å². The van der Waals surface area contributed by atoms with Crippen LogP contribution in [0.3, 0.4) is 0 Å². The number of fused-ring (bicyclic) bond motifs is 1. The van der Waals surface area contributed by atoms with Crippen LogP contribution in [0.5, 0.6) is 0 Å². The molecule has 0 atom stereocenters. The van der Waals surface area contributed by atoms with Gasteiger partial charge in [0, 0.05) is 16.9 Å². The molecule has 0 bridgehead atoms. The zero-order valence-electron chi connectivity index (χ0n) is 7.81. The molecule has 2 aromatic rings. The monoisotopic (exact) mass is 242 g/mol. The summed E-state index contributed by atoms with van der Waals surface area (Å²) in [7, 11) is 1.52. The number of aromatic nitrogens is 2. The van der Waals surface area contributed by atoms with Crippen LogP contribution in [0, 0.1) is 6.92 Å². The molecule has 0 saturated carbocycles. The standard InChI is InChI=1S/C9H7ClN2O2S/c1-6-5-11-8-3-2-7(15(10,13)14)4-9(8)12-6/h2-5H,1H3. The van der Waals surface area contributed by atoms with Crippen LogP contribution in [-0.2, 0) is 9.05 Å². The van der Waals surface area contributed by atoms with Crippen molar-refractivity contribution in [2.45, 2.75) is 11.8 Å². The van der Waals surface area contributed by atoms with E-state index in [9.17, 15) is 8.42 Å². The third-order valence-electron chi connectivity index (χ3n) is 1.92. The molecule has 6 heteroatoms. The minimum absolute atomic E-state index is 0.0385. The average molecular weight is 243 g/mol. The van der Waals surface area contributed by atoms with Crippen molar-refractivity contribution >= 4 is 30.8 Å². The molecule has 0 unspecified atom stereocenters. The molecule has 0 amide bonds. The summed E-state index contributed by atoms with van der Waals surface area (Å²) in [5.41, 5.74) is 1.90. The molecule has 0 aliphatic heterocycles. The van der Waals surface area contributed by atoms with E-state index in [0.29, 0.717) is 11.0 Å². The first kappa shape index (κ1) is 10.3. The van der Waals surface area contributed by atoms with Gasteiger partial charge in [-0.15, -0.1) is 0 Å². The minimum Gasteiger partial charge on any atom is -0.253 e. The molecule has 4 nitrogen and oxygen atoms in total. The lowest BCUT2D eigenvalue weighted by Crippen LogP contribution is -1.93. The SMILES string of the molecule is Cc1cnc2ccc(S(=O)(=O)Cl)cc2n1. The zero-order chi connectivity index (χ0) is 11.1. The van der Waals surface area contributed by atoms with Gasteiger partial charge in [-0.3, -0.25) is 4.98 Å². The van der Waals surface area contributed by atoms with Gasteiger partial charge < -0.3 is 0 Å². The van der Waals surface area contributed by atoms with Crippen LogP contribution >= 0.6 is 10.7 Å². The molecular formula is C9H7ClN2O2S. The molecule has 2 rings (SSSR count).